The first-order valence-electron chi connectivity index (χ1n) is 11.0. The molecule has 0 aliphatic carbocycles. The lowest BCUT2D eigenvalue weighted by Gasteiger charge is -2.35. The van der Waals surface area contributed by atoms with E-state index in [4.69, 9.17) is 0 Å². The van der Waals surface area contributed by atoms with Gasteiger partial charge >= 0.3 is 0 Å². The summed E-state index contributed by atoms with van der Waals surface area (Å²) in [5.74, 6) is 0. The van der Waals surface area contributed by atoms with Crippen molar-refractivity contribution in [2.45, 2.75) is 24.2 Å². The van der Waals surface area contributed by atoms with Crippen LogP contribution in [0.2, 0.25) is 0 Å². The fourth-order valence-corrected chi connectivity index (χ4v) is 4.13. The normalized spacial score (nSPS) is 12.5. The number of benzene rings is 1. The van der Waals surface area contributed by atoms with Gasteiger partial charge in [-0.2, -0.15) is 0 Å². The van der Waals surface area contributed by atoms with E-state index in [1.165, 1.54) is 11.1 Å². The summed E-state index contributed by atoms with van der Waals surface area (Å²) in [6.07, 6.45) is 0. The maximum atomic E-state index is 3.75. The van der Waals surface area contributed by atoms with E-state index in [1.54, 1.807) is 0 Å². The van der Waals surface area contributed by atoms with Crippen LogP contribution in [-0.2, 0) is 13.1 Å². The number of likely N-dealkylation sites (N-methyl/N-ethyl adjacent to an activating group) is 6. The molecular weight excluding hydrogens is 376 g/mol. The maximum absolute atomic E-state index is 3.75. The fourth-order valence-electron chi connectivity index (χ4n) is 4.13. The van der Waals surface area contributed by atoms with Crippen LogP contribution in [0.4, 0.5) is 0 Å². The van der Waals surface area contributed by atoms with Crippen molar-refractivity contribution in [3.63, 3.8) is 0 Å². The van der Waals surface area contributed by atoms with Crippen molar-refractivity contribution in [3.8, 4) is 0 Å². The minimum Gasteiger partial charge on any atom is -0.318 e. The first kappa shape index (κ1) is 26.9. The molecular formula is C22H46N8. The zero-order chi connectivity index (χ0) is 22.3. The molecule has 0 saturated carbocycles. The first-order valence-corrected chi connectivity index (χ1v) is 11.0. The van der Waals surface area contributed by atoms with Crippen LogP contribution in [0, 0.1) is 0 Å². The summed E-state index contributed by atoms with van der Waals surface area (Å²) in [5, 5.41) is 27.4. The number of hydrogen-bond acceptors (Lipinski definition) is 8. The van der Waals surface area contributed by atoms with Gasteiger partial charge < -0.3 is 42.5 Å². The molecule has 1 aromatic rings. The van der Waals surface area contributed by atoms with Crippen LogP contribution in [-0.4, -0.2) is 92.6 Å². The predicted molar refractivity (Wildman–Crippen MR) is 129 cm³/mol. The van der Waals surface area contributed by atoms with E-state index in [2.05, 4.69) is 66.8 Å². The summed E-state index contributed by atoms with van der Waals surface area (Å²) in [6, 6.07) is 8.90. The highest BCUT2D eigenvalue weighted by Crippen LogP contribution is 2.10. The monoisotopic (exact) mass is 422 g/mol. The summed E-state index contributed by atoms with van der Waals surface area (Å²) in [4.78, 5) is 0. The lowest BCUT2D eigenvalue weighted by molar-refractivity contribution is 0.295. The zero-order valence-electron chi connectivity index (χ0n) is 20.0. The Morgan fingerprint density at radius 1 is 0.467 bits per heavy atom. The molecule has 0 heterocycles. The van der Waals surface area contributed by atoms with E-state index in [9.17, 15) is 0 Å². The largest absolute Gasteiger partial charge is 0.318 e. The molecule has 0 radical (unpaired) electrons. The Labute approximate surface area is 184 Å². The van der Waals surface area contributed by atoms with Crippen molar-refractivity contribution in [1.82, 2.24) is 42.5 Å². The number of nitrogens with one attached hydrogen (secondary N) is 8. The highest BCUT2D eigenvalue weighted by atomic mass is 15.1. The Morgan fingerprint density at radius 2 is 0.700 bits per heavy atom. The lowest BCUT2D eigenvalue weighted by Crippen LogP contribution is -2.62. The van der Waals surface area contributed by atoms with Crippen LogP contribution in [0.25, 0.3) is 0 Å². The summed E-state index contributed by atoms with van der Waals surface area (Å²) < 4.78 is 0. The van der Waals surface area contributed by atoms with Gasteiger partial charge in [-0.1, -0.05) is 24.3 Å². The minimum absolute atomic E-state index is 0.0362. The van der Waals surface area contributed by atoms with E-state index >= 15 is 0 Å². The fraction of sp³-hybridized carbons (Fsp3) is 0.727. The minimum atomic E-state index is -0.0362. The Kier molecular flexibility index (Phi) is 13.3. The van der Waals surface area contributed by atoms with Crippen LogP contribution < -0.4 is 42.5 Å². The summed E-state index contributed by atoms with van der Waals surface area (Å²) in [7, 11) is 12.0. The molecule has 174 valence electrons. The topological polar surface area (TPSA) is 96.2 Å². The first-order chi connectivity index (χ1) is 14.5. The Bertz CT molecular complexity index is 466. The van der Waals surface area contributed by atoms with Crippen molar-refractivity contribution >= 4 is 0 Å². The second-order valence-corrected chi connectivity index (χ2v) is 8.27. The molecule has 0 aromatic heterocycles. The predicted octanol–water partition coefficient (Wildman–Crippen LogP) is -1.34. The van der Waals surface area contributed by atoms with E-state index in [0.29, 0.717) is 0 Å². The molecule has 0 atom stereocenters. The summed E-state index contributed by atoms with van der Waals surface area (Å²) in [6.45, 7) is 7.01. The molecule has 8 N–H and O–H groups in total. The van der Waals surface area contributed by atoms with Gasteiger partial charge in [-0.15, -0.1) is 0 Å². The average Bonchev–Trinajstić information content (AvgIpc) is 2.73. The van der Waals surface area contributed by atoms with Crippen molar-refractivity contribution in [1.29, 1.82) is 0 Å². The Balaban J connectivity index is 2.73. The van der Waals surface area contributed by atoms with Crippen LogP contribution in [0.3, 0.4) is 0 Å². The molecule has 0 spiro atoms. The highest BCUT2D eigenvalue weighted by molar-refractivity contribution is 5.23. The van der Waals surface area contributed by atoms with Gasteiger partial charge in [-0.05, 0) is 53.4 Å². The van der Waals surface area contributed by atoms with Crippen molar-refractivity contribution in [2.75, 3.05) is 81.6 Å². The van der Waals surface area contributed by atoms with Gasteiger partial charge in [0.15, 0.2) is 0 Å². The molecule has 8 heteroatoms. The van der Waals surface area contributed by atoms with Crippen LogP contribution in [0.5, 0.6) is 0 Å². The Morgan fingerprint density at radius 3 is 0.900 bits per heavy atom. The molecule has 1 aromatic carbocycles. The van der Waals surface area contributed by atoms with E-state index in [-0.39, 0.29) is 11.1 Å². The van der Waals surface area contributed by atoms with E-state index < -0.39 is 0 Å². The third-order valence-electron chi connectivity index (χ3n) is 5.45. The van der Waals surface area contributed by atoms with Gasteiger partial charge in [0.05, 0.1) is 11.1 Å². The average molecular weight is 423 g/mol. The van der Waals surface area contributed by atoms with Crippen LogP contribution in [0.15, 0.2) is 24.3 Å². The second kappa shape index (κ2) is 14.8. The smallest absolute Gasteiger partial charge is 0.0560 e. The van der Waals surface area contributed by atoms with Crippen LogP contribution >= 0.6 is 0 Å². The SMILES string of the molecule is CNCC(CNC)(CNC)NCc1ccc(CNC(CNC)(CNC)CNC)cc1. The molecule has 30 heavy (non-hydrogen) atoms. The van der Waals surface area contributed by atoms with Crippen molar-refractivity contribution in [2.24, 2.45) is 0 Å². The molecule has 8 nitrogen and oxygen atoms in total. The van der Waals surface area contributed by atoms with Gasteiger partial charge in [0, 0.05) is 52.4 Å². The molecule has 0 aliphatic heterocycles. The molecule has 0 amide bonds. The van der Waals surface area contributed by atoms with Crippen LogP contribution in [0.1, 0.15) is 11.1 Å². The van der Waals surface area contributed by atoms with Gasteiger partial charge in [-0.25, -0.2) is 0 Å². The second-order valence-electron chi connectivity index (χ2n) is 8.27. The third-order valence-corrected chi connectivity index (χ3v) is 5.45. The van der Waals surface area contributed by atoms with Gasteiger partial charge in [-0.3, -0.25) is 0 Å². The van der Waals surface area contributed by atoms with E-state index in [1.807, 2.05) is 42.3 Å². The highest BCUT2D eigenvalue weighted by Gasteiger charge is 2.28. The molecule has 0 saturated heterocycles. The molecule has 0 aliphatic rings. The summed E-state index contributed by atoms with van der Waals surface area (Å²) in [5.41, 5.74) is 2.51. The van der Waals surface area contributed by atoms with E-state index in [0.717, 1.165) is 52.4 Å². The zero-order valence-corrected chi connectivity index (χ0v) is 20.0. The quantitative estimate of drug-likeness (QED) is 0.147. The number of rotatable bonds is 18. The lowest BCUT2D eigenvalue weighted by atomic mass is 9.97. The summed E-state index contributed by atoms with van der Waals surface area (Å²) >= 11 is 0. The van der Waals surface area contributed by atoms with Gasteiger partial charge in [0.1, 0.15) is 0 Å². The molecule has 0 unspecified atom stereocenters. The molecule has 0 fully saturated rings. The third kappa shape index (κ3) is 8.95. The van der Waals surface area contributed by atoms with Crippen molar-refractivity contribution < 1.29 is 0 Å². The molecule has 0 bridgehead atoms. The Hall–Kier alpha value is -1.10. The maximum Gasteiger partial charge on any atom is 0.0560 e. The standard InChI is InChI=1S/C22H46N8/c1-23-13-21(14-24-2,15-25-3)29-11-19-7-9-20(10-8-19)12-30-22(16-26-4,17-27-5)18-28-6/h7-10,23-30H,11-18H2,1-6H3. The van der Waals surface area contributed by atoms with Gasteiger partial charge in [0.2, 0.25) is 0 Å². The van der Waals surface area contributed by atoms with Crippen molar-refractivity contribution in [3.05, 3.63) is 35.4 Å². The molecule has 1 rings (SSSR count). The number of hydrogen-bond donors (Lipinski definition) is 8. The van der Waals surface area contributed by atoms with Gasteiger partial charge in [0.25, 0.3) is 0 Å².